The normalized spacial score (nSPS) is 29.3. The van der Waals surface area contributed by atoms with Crippen LogP contribution in [0.4, 0.5) is 8.78 Å². The third kappa shape index (κ3) is 5.45. The summed E-state index contributed by atoms with van der Waals surface area (Å²) in [6.07, 6.45) is 8.25. The molecular weight excluding hydrogens is 448 g/mol. The monoisotopic (exact) mass is 485 g/mol. The Morgan fingerprint density at radius 1 is 1.09 bits per heavy atom. The van der Waals surface area contributed by atoms with Crippen LogP contribution in [-0.2, 0) is 17.8 Å². The van der Waals surface area contributed by atoms with Gasteiger partial charge in [-0.2, -0.15) is 0 Å². The highest BCUT2D eigenvalue weighted by Gasteiger charge is 2.38. The van der Waals surface area contributed by atoms with Gasteiger partial charge in [-0.05, 0) is 80.5 Å². The topological polar surface area (TPSA) is 61.4 Å². The van der Waals surface area contributed by atoms with Crippen LogP contribution in [0.5, 0.6) is 0 Å². The lowest BCUT2D eigenvalue weighted by atomic mass is 9.79. The summed E-state index contributed by atoms with van der Waals surface area (Å²) in [6, 6.07) is 6.13. The minimum absolute atomic E-state index is 0.0234. The van der Waals surface area contributed by atoms with Crippen molar-refractivity contribution < 1.29 is 18.4 Å². The molecule has 2 heterocycles. The van der Waals surface area contributed by atoms with Crippen LogP contribution in [0.25, 0.3) is 0 Å². The molecule has 2 aliphatic carbocycles. The molecule has 5 nitrogen and oxygen atoms in total. The lowest BCUT2D eigenvalue weighted by Gasteiger charge is -2.35. The first kappa shape index (κ1) is 24.4. The van der Waals surface area contributed by atoms with Crippen LogP contribution in [0.1, 0.15) is 85.7 Å². The first-order chi connectivity index (χ1) is 16.8. The van der Waals surface area contributed by atoms with E-state index >= 15 is 0 Å². The second-order valence-electron chi connectivity index (χ2n) is 11.1. The third-order valence-corrected chi connectivity index (χ3v) is 8.61. The van der Waals surface area contributed by atoms with Crippen molar-refractivity contribution in [3.05, 3.63) is 47.2 Å². The van der Waals surface area contributed by atoms with Gasteiger partial charge < -0.3 is 15.5 Å². The molecule has 5 rings (SSSR count). The van der Waals surface area contributed by atoms with Crippen LogP contribution in [0, 0.1) is 11.8 Å². The van der Waals surface area contributed by atoms with Crippen molar-refractivity contribution in [2.24, 2.45) is 11.8 Å². The number of rotatable bonds is 6. The number of nitrogens with zero attached hydrogens (tertiary/aromatic N) is 1. The highest BCUT2D eigenvalue weighted by atomic mass is 19.3. The third-order valence-electron chi connectivity index (χ3n) is 8.61. The standard InChI is InChI=1S/C28H37F2N3O2/c1-18-6-9-25(26(34)32-18)33-17-22-15-20(7-8-23(22)27(33)35)14-21-4-2-3-5-24(21)31-16-19-10-12-28(29,30)13-11-19/h7-8,15,19,21,24-25,31H,1-6,9-14,16-17H2,(H,32,34)/t21-,24+,25?/m1/s1. The molecule has 7 heteroatoms. The SMILES string of the molecule is C=C1CCC(N2Cc3cc(C[C@H]4CCCC[C@@H]4NCC4CCC(F)(F)CC4)ccc3C2=O)C(=O)N1. The molecule has 190 valence electrons. The number of nitrogens with one attached hydrogen (secondary N) is 2. The summed E-state index contributed by atoms with van der Waals surface area (Å²) in [5.74, 6) is -1.81. The molecule has 2 amide bonds. The van der Waals surface area contributed by atoms with Crippen molar-refractivity contribution in [2.45, 2.75) is 95.2 Å². The van der Waals surface area contributed by atoms with E-state index < -0.39 is 12.0 Å². The van der Waals surface area contributed by atoms with Gasteiger partial charge in [0, 0.05) is 36.7 Å². The summed E-state index contributed by atoms with van der Waals surface area (Å²) in [7, 11) is 0. The number of piperidine rings is 1. The molecule has 3 atom stereocenters. The van der Waals surface area contributed by atoms with Crippen LogP contribution in [0.15, 0.2) is 30.5 Å². The number of fused-ring (bicyclic) bond motifs is 1. The number of allylic oxidation sites excluding steroid dienone is 1. The second kappa shape index (κ2) is 10.00. The fourth-order valence-electron chi connectivity index (χ4n) is 6.48. The lowest BCUT2D eigenvalue weighted by molar-refractivity contribution is -0.126. The van der Waals surface area contributed by atoms with Crippen LogP contribution < -0.4 is 10.6 Å². The predicted octanol–water partition coefficient (Wildman–Crippen LogP) is 4.95. The molecule has 1 unspecified atom stereocenters. The Hall–Kier alpha value is -2.28. The van der Waals surface area contributed by atoms with E-state index in [0.717, 1.165) is 37.1 Å². The second-order valence-corrected chi connectivity index (χ2v) is 11.1. The van der Waals surface area contributed by atoms with Crippen LogP contribution in [0.2, 0.25) is 0 Å². The van der Waals surface area contributed by atoms with Gasteiger partial charge in [0.1, 0.15) is 6.04 Å². The maximum absolute atomic E-state index is 13.5. The number of hydrogen-bond acceptors (Lipinski definition) is 3. The summed E-state index contributed by atoms with van der Waals surface area (Å²) in [5, 5.41) is 6.54. The quantitative estimate of drug-likeness (QED) is 0.599. The molecule has 4 aliphatic rings. The molecule has 1 aromatic rings. The van der Waals surface area contributed by atoms with Gasteiger partial charge in [0.2, 0.25) is 11.8 Å². The van der Waals surface area contributed by atoms with Gasteiger partial charge >= 0.3 is 0 Å². The summed E-state index contributed by atoms with van der Waals surface area (Å²) >= 11 is 0. The minimum Gasteiger partial charge on any atom is -0.329 e. The van der Waals surface area contributed by atoms with Gasteiger partial charge in [-0.1, -0.05) is 31.6 Å². The average Bonchev–Trinajstić information content (AvgIpc) is 3.14. The molecule has 2 aliphatic heterocycles. The molecule has 1 aromatic carbocycles. The van der Waals surface area contributed by atoms with E-state index in [-0.39, 0.29) is 24.7 Å². The number of amides is 2. The first-order valence-corrected chi connectivity index (χ1v) is 13.3. The van der Waals surface area contributed by atoms with Crippen LogP contribution >= 0.6 is 0 Å². The van der Waals surface area contributed by atoms with Gasteiger partial charge in [0.05, 0.1) is 0 Å². The maximum atomic E-state index is 13.5. The zero-order valence-corrected chi connectivity index (χ0v) is 20.5. The highest BCUT2D eigenvalue weighted by Crippen LogP contribution is 2.37. The molecule has 35 heavy (non-hydrogen) atoms. The van der Waals surface area contributed by atoms with Crippen molar-refractivity contribution in [2.75, 3.05) is 6.54 Å². The van der Waals surface area contributed by atoms with Crippen molar-refractivity contribution in [3.8, 4) is 0 Å². The highest BCUT2D eigenvalue weighted by molar-refractivity contribution is 6.01. The lowest BCUT2D eigenvalue weighted by Crippen LogP contribution is -2.49. The van der Waals surface area contributed by atoms with E-state index in [0.29, 0.717) is 55.7 Å². The van der Waals surface area contributed by atoms with Gasteiger partial charge in [0.15, 0.2) is 0 Å². The Morgan fingerprint density at radius 2 is 1.86 bits per heavy atom. The fraction of sp³-hybridized carbons (Fsp3) is 0.643. The van der Waals surface area contributed by atoms with Crippen molar-refractivity contribution >= 4 is 11.8 Å². The fourth-order valence-corrected chi connectivity index (χ4v) is 6.48. The number of carbonyl (C=O) groups excluding carboxylic acids is 2. The summed E-state index contributed by atoms with van der Waals surface area (Å²) < 4.78 is 27.0. The number of halogens is 2. The summed E-state index contributed by atoms with van der Waals surface area (Å²) in [4.78, 5) is 27.2. The number of alkyl halides is 2. The van der Waals surface area contributed by atoms with Gasteiger partial charge in [-0.25, -0.2) is 8.78 Å². The van der Waals surface area contributed by atoms with Crippen molar-refractivity contribution in [3.63, 3.8) is 0 Å². The summed E-state index contributed by atoms with van der Waals surface area (Å²) in [6.45, 7) is 5.14. The van der Waals surface area contributed by atoms with E-state index in [1.165, 1.54) is 18.4 Å². The van der Waals surface area contributed by atoms with Gasteiger partial charge in [-0.15, -0.1) is 0 Å². The Bertz CT molecular complexity index is 984. The molecule has 2 N–H and O–H groups in total. The van der Waals surface area contributed by atoms with E-state index in [2.05, 4.69) is 29.3 Å². The molecular formula is C28H37F2N3O2. The van der Waals surface area contributed by atoms with E-state index in [4.69, 9.17) is 0 Å². The Morgan fingerprint density at radius 3 is 2.63 bits per heavy atom. The molecule has 0 aromatic heterocycles. The van der Waals surface area contributed by atoms with Gasteiger partial charge in [0.25, 0.3) is 5.91 Å². The molecule has 0 radical (unpaired) electrons. The smallest absolute Gasteiger partial charge is 0.255 e. The number of hydrogen-bond donors (Lipinski definition) is 2. The van der Waals surface area contributed by atoms with Gasteiger partial charge in [-0.3, -0.25) is 9.59 Å². The van der Waals surface area contributed by atoms with Crippen molar-refractivity contribution in [1.82, 2.24) is 15.5 Å². The average molecular weight is 486 g/mol. The van der Waals surface area contributed by atoms with Crippen LogP contribution in [0.3, 0.4) is 0 Å². The minimum atomic E-state index is -2.47. The number of carbonyl (C=O) groups is 2. The number of benzene rings is 1. The molecule has 0 bridgehead atoms. The first-order valence-electron chi connectivity index (χ1n) is 13.3. The molecule has 0 spiro atoms. The van der Waals surface area contributed by atoms with Crippen molar-refractivity contribution in [1.29, 1.82) is 0 Å². The zero-order valence-electron chi connectivity index (χ0n) is 20.5. The van der Waals surface area contributed by atoms with E-state index in [1.54, 1.807) is 4.90 Å². The van der Waals surface area contributed by atoms with E-state index in [9.17, 15) is 18.4 Å². The Kier molecular flexibility index (Phi) is 6.97. The largest absolute Gasteiger partial charge is 0.329 e. The summed E-state index contributed by atoms with van der Waals surface area (Å²) in [5.41, 5.74) is 3.66. The predicted molar refractivity (Wildman–Crippen MR) is 131 cm³/mol. The van der Waals surface area contributed by atoms with Crippen LogP contribution in [-0.4, -0.2) is 41.3 Å². The molecule has 1 saturated heterocycles. The Balaban J connectivity index is 1.20. The molecule has 2 saturated carbocycles. The Labute approximate surface area is 206 Å². The zero-order chi connectivity index (χ0) is 24.6. The maximum Gasteiger partial charge on any atom is 0.255 e. The van der Waals surface area contributed by atoms with E-state index in [1.807, 2.05) is 6.07 Å². The molecule has 3 fully saturated rings.